The molecule has 14 rings (SSSR count). The minimum Gasteiger partial charge on any atom is -0.494 e. The predicted octanol–water partition coefficient (Wildman–Crippen LogP) is 13.9. The van der Waals surface area contributed by atoms with Gasteiger partial charge in [0.2, 0.25) is 36.0 Å². The highest BCUT2D eigenvalue weighted by molar-refractivity contribution is 7.90. The predicted molar refractivity (Wildman–Crippen MR) is 500 cm³/mol. The zero-order valence-electron chi connectivity index (χ0n) is 73.3. The molecule has 13 aromatic rings. The molecule has 690 valence electrons. The normalized spacial score (nSPS) is 12.3. The van der Waals surface area contributed by atoms with Gasteiger partial charge in [-0.15, -0.1) is 10.2 Å². The quantitative estimate of drug-likeness (QED) is 0.0165. The number of ether oxygens (including phenoxy) is 4. The molecular formula is C93H101Cl3FN15O16S3. The van der Waals surface area contributed by atoms with Crippen LogP contribution < -0.4 is 44.3 Å². The fourth-order valence-electron chi connectivity index (χ4n) is 14.8. The lowest BCUT2D eigenvalue weighted by atomic mass is 10.00. The Kier molecular flexibility index (Phi) is 33.1. The first kappa shape index (κ1) is 97.5. The second-order valence-corrected chi connectivity index (χ2v) is 38.3. The third-order valence-corrected chi connectivity index (χ3v) is 27.2. The summed E-state index contributed by atoms with van der Waals surface area (Å²) in [6.07, 6.45) is 5.85. The number of halogens is 4. The standard InChI is InChI=1S/C33H34ClFN6O5S.C32H33ClN6O5S.C28H34ClN3O6S/c1-20-17-25(18-21(2)29(20)34)46-15-6-8-27-26-7-4-5-9-28(26)37-31(27)33(43)39-47(44,45)16-14-36-32(42)30-22(3)41(40-38-30)19-23-10-12-24(35)13-11-23;1-20-10-12-23(13-11-20)39-19-28(36-38-39)31(40)34-14-16-45(42,43)37-32(41)30-26(25-7-4-5-9-27(25)35-30)8-6-15-44-24-17-21(2)29(33)22(3)18-24;1-18-16-21(17-19(2)25(18)29)38-12-5-7-23-22-6-3-4-8-24(22)31-26(23)28(34)32-39(35,36)15-11-30-27(33)20-9-13-37-14-10-20/h4-5,7,9-13,17-18,37H,6,8,14-16,19H2,1-3H3,(H,36,42)(H,39,43);4-5,7,9-13,17-19,35H,6,8,14-16H2,1-3H3,(H,34,40)(H,37,41);3-4,6,8,16-17,20,31H,5,7,9-15H2,1-2H3,(H,30,33)(H,32,34). The van der Waals surface area contributed by atoms with Crippen LogP contribution in [0.3, 0.4) is 0 Å². The summed E-state index contributed by atoms with van der Waals surface area (Å²) >= 11 is 18.7. The van der Waals surface area contributed by atoms with Crippen LogP contribution in [0.4, 0.5) is 4.39 Å². The van der Waals surface area contributed by atoms with Gasteiger partial charge in [-0.25, -0.2) is 53.2 Å². The van der Waals surface area contributed by atoms with Crippen molar-refractivity contribution >= 4 is 133 Å². The average Bonchev–Trinajstić information content (AvgIpc) is 1.64. The SMILES string of the molecule is Cc1cc(OCCCc2c(C(=O)NS(=O)(=O)CCNC(=O)C3CCOCC3)[nH]c3ccccc23)cc(C)c1Cl.Cc1cc(OCCCc2c(C(=O)NS(=O)(=O)CCNC(=O)c3nnn(Cc4ccc(F)cc4)c3C)[nH]c3ccccc23)cc(C)c1Cl.Cc1ccc(-n2cc(C(=O)NCCS(=O)(=O)NC(=O)c3[nH]c4ccccc4c3CCCOc3cc(C)c(Cl)c(C)c3)nn2)cc1. The highest BCUT2D eigenvalue weighted by atomic mass is 35.5. The number of nitrogens with one attached hydrogen (secondary N) is 9. The van der Waals surface area contributed by atoms with E-state index in [-0.39, 0.29) is 72.3 Å². The number of rotatable bonds is 36. The van der Waals surface area contributed by atoms with Gasteiger partial charge in [-0.05, 0) is 241 Å². The zero-order chi connectivity index (χ0) is 93.8. The van der Waals surface area contributed by atoms with Crippen molar-refractivity contribution in [2.75, 3.05) is 69.9 Å². The molecule has 0 spiro atoms. The largest absolute Gasteiger partial charge is 0.494 e. The number of sulfonamides is 3. The lowest BCUT2D eigenvalue weighted by Crippen LogP contribution is -2.40. The molecule has 1 saturated heterocycles. The number of aryl methyl sites for hydroxylation is 10. The van der Waals surface area contributed by atoms with E-state index < -0.39 is 76.9 Å². The molecule has 1 fully saturated rings. The maximum absolute atomic E-state index is 13.3. The minimum absolute atomic E-state index is 0.0292. The van der Waals surface area contributed by atoms with Crippen molar-refractivity contribution < 1.29 is 77.4 Å². The number of aromatic amines is 3. The summed E-state index contributed by atoms with van der Waals surface area (Å²) in [5.74, 6) is -3.58. The number of benzene rings is 8. The van der Waals surface area contributed by atoms with E-state index in [1.165, 1.54) is 27.7 Å². The number of H-pyrrole nitrogens is 3. The van der Waals surface area contributed by atoms with Crippen LogP contribution in [0.2, 0.25) is 15.1 Å². The Morgan fingerprint density at radius 2 is 0.840 bits per heavy atom. The van der Waals surface area contributed by atoms with E-state index in [2.05, 4.69) is 65.7 Å². The third kappa shape index (κ3) is 26.4. The molecular weight excluding hydrogens is 1800 g/mol. The molecule has 5 aromatic heterocycles. The number of hydrogen-bond donors (Lipinski definition) is 9. The molecule has 131 heavy (non-hydrogen) atoms. The Hall–Kier alpha value is -12.5. The molecule has 38 heteroatoms. The van der Waals surface area contributed by atoms with Gasteiger partial charge in [0.15, 0.2) is 11.4 Å². The number of nitrogens with zero attached hydrogens (tertiary/aromatic N) is 6. The highest BCUT2D eigenvalue weighted by Crippen LogP contribution is 2.33. The van der Waals surface area contributed by atoms with Crippen molar-refractivity contribution in [3.63, 3.8) is 0 Å². The van der Waals surface area contributed by atoms with Crippen LogP contribution in [0, 0.1) is 67.1 Å². The Labute approximate surface area is 772 Å². The van der Waals surface area contributed by atoms with E-state index in [0.717, 1.165) is 83.2 Å². The first-order valence-electron chi connectivity index (χ1n) is 42.2. The van der Waals surface area contributed by atoms with E-state index in [4.69, 9.17) is 53.8 Å². The van der Waals surface area contributed by atoms with Crippen molar-refractivity contribution in [1.82, 2.24) is 75.1 Å². The van der Waals surface area contributed by atoms with E-state index in [0.29, 0.717) is 139 Å². The summed E-state index contributed by atoms with van der Waals surface area (Å²) in [4.78, 5) is 86.3. The van der Waals surface area contributed by atoms with Crippen LogP contribution in [0.5, 0.6) is 17.2 Å². The molecule has 6 heterocycles. The lowest BCUT2D eigenvalue weighted by molar-refractivity contribution is -0.127. The first-order chi connectivity index (χ1) is 62.6. The van der Waals surface area contributed by atoms with Crippen LogP contribution in [0.25, 0.3) is 38.4 Å². The van der Waals surface area contributed by atoms with Crippen molar-refractivity contribution in [1.29, 1.82) is 0 Å². The summed E-state index contributed by atoms with van der Waals surface area (Å²) in [6, 6.07) is 46.8. The Bertz CT molecular complexity index is 6650. The maximum Gasteiger partial charge on any atom is 0.281 e. The molecule has 1 aliphatic rings. The van der Waals surface area contributed by atoms with Crippen LogP contribution in [-0.2, 0) is 65.4 Å². The second-order valence-electron chi connectivity index (χ2n) is 31.7. The third-order valence-electron chi connectivity index (χ3n) is 21.7. The van der Waals surface area contributed by atoms with Crippen molar-refractivity contribution in [3.8, 4) is 22.9 Å². The smallest absolute Gasteiger partial charge is 0.281 e. The first-order valence-corrected chi connectivity index (χ1v) is 48.3. The van der Waals surface area contributed by atoms with Crippen molar-refractivity contribution in [2.45, 2.75) is 113 Å². The number of para-hydroxylation sites is 3. The van der Waals surface area contributed by atoms with Crippen LogP contribution >= 0.6 is 34.8 Å². The van der Waals surface area contributed by atoms with Crippen LogP contribution in [0.15, 0.2) is 164 Å². The molecule has 0 atom stereocenters. The van der Waals surface area contributed by atoms with E-state index in [1.807, 2.05) is 182 Å². The molecule has 0 aliphatic carbocycles. The summed E-state index contributed by atoms with van der Waals surface area (Å²) in [5, 5.41) is 28.0. The molecule has 31 nitrogen and oxygen atoms in total. The van der Waals surface area contributed by atoms with Gasteiger partial charge in [0.05, 0.1) is 61.2 Å². The monoisotopic (exact) mass is 1900 g/mol. The molecule has 9 N–H and O–H groups in total. The van der Waals surface area contributed by atoms with Gasteiger partial charge >= 0.3 is 0 Å². The summed E-state index contributed by atoms with van der Waals surface area (Å²) in [6.45, 7) is 17.0. The fraction of sp³-hybridized carbons (Fsp3) is 0.312. The molecule has 0 saturated carbocycles. The summed E-state index contributed by atoms with van der Waals surface area (Å²) in [7, 11) is -12.2. The minimum atomic E-state index is -4.12. The molecule has 0 unspecified atom stereocenters. The number of fused-ring (bicyclic) bond motifs is 3. The summed E-state index contributed by atoms with van der Waals surface area (Å²) < 4.78 is 122. The van der Waals surface area contributed by atoms with Gasteiger partial charge in [-0.2, -0.15) is 0 Å². The summed E-state index contributed by atoms with van der Waals surface area (Å²) in [5.41, 5.74) is 13.4. The number of carbonyl (C=O) groups excluding carboxylic acids is 6. The number of amides is 6. The van der Waals surface area contributed by atoms with Gasteiger partial charge in [0.25, 0.3) is 29.5 Å². The number of hydrogen-bond acceptors (Lipinski definition) is 20. The van der Waals surface area contributed by atoms with E-state index in [1.54, 1.807) is 19.1 Å². The van der Waals surface area contributed by atoms with Gasteiger partial charge in [0, 0.05) is 86.5 Å². The highest BCUT2D eigenvalue weighted by Gasteiger charge is 2.29. The Morgan fingerprint density at radius 3 is 1.24 bits per heavy atom. The molecule has 6 amide bonds. The fourth-order valence-corrected chi connectivity index (χ4v) is 17.7. The van der Waals surface area contributed by atoms with Gasteiger partial charge in [0.1, 0.15) is 40.1 Å². The Balaban J connectivity index is 0.000000178. The Morgan fingerprint density at radius 1 is 0.466 bits per heavy atom. The number of aromatic nitrogens is 9. The van der Waals surface area contributed by atoms with E-state index >= 15 is 0 Å². The lowest BCUT2D eigenvalue weighted by Gasteiger charge is -2.21. The van der Waals surface area contributed by atoms with Crippen LogP contribution in [-0.4, -0.2) is 176 Å². The van der Waals surface area contributed by atoms with E-state index in [9.17, 15) is 58.4 Å². The van der Waals surface area contributed by atoms with Gasteiger partial charge < -0.3 is 49.8 Å². The van der Waals surface area contributed by atoms with Gasteiger partial charge in [-0.1, -0.05) is 130 Å². The molecule has 1 aliphatic heterocycles. The molecule has 0 radical (unpaired) electrons. The average molecular weight is 1910 g/mol. The molecule has 8 aromatic carbocycles. The topological polar surface area (TPSA) is 423 Å². The van der Waals surface area contributed by atoms with Crippen molar-refractivity contribution in [2.24, 2.45) is 5.92 Å². The van der Waals surface area contributed by atoms with Crippen LogP contribution in [0.1, 0.15) is 151 Å². The maximum atomic E-state index is 13.3. The molecule has 0 bridgehead atoms. The zero-order valence-corrected chi connectivity index (χ0v) is 78.0. The second kappa shape index (κ2) is 44.4. The number of carbonyl (C=O) groups is 6. The van der Waals surface area contributed by atoms with Gasteiger partial charge in [-0.3, -0.25) is 28.8 Å². The van der Waals surface area contributed by atoms with Crippen molar-refractivity contribution in [3.05, 3.63) is 280 Å².